The molecule has 1 amide bonds. The van der Waals surface area contributed by atoms with Gasteiger partial charge in [0.25, 0.3) is 16.0 Å². The van der Waals surface area contributed by atoms with Crippen LogP contribution in [-0.2, 0) is 19.5 Å². The van der Waals surface area contributed by atoms with Gasteiger partial charge in [-0.25, -0.2) is 5.26 Å². The number of ether oxygens (including phenoxy) is 1. The lowest BCUT2D eigenvalue weighted by atomic mass is 10.1. The first-order valence-corrected chi connectivity index (χ1v) is 16.7. The number of hydrogen-bond donors (Lipinski definition) is 3. The Morgan fingerprint density at radius 1 is 0.780 bits per heavy atom. The fourth-order valence-corrected chi connectivity index (χ4v) is 5.99. The SMILES string of the molecule is CN=Nc1cc(C)c(N=Nc2ccc(N=Nc3ccc(C(=O)Nc4ccc5cc(SOOO)cc(S(=O)(=O)O)c5c4)cc3)c(C)c2)cc1OC. The van der Waals surface area contributed by atoms with Crippen LogP contribution in [0.4, 0.5) is 34.1 Å². The molecule has 15 nitrogen and oxygen atoms in total. The van der Waals surface area contributed by atoms with Gasteiger partial charge >= 0.3 is 0 Å². The van der Waals surface area contributed by atoms with E-state index in [4.69, 9.17) is 9.99 Å². The highest BCUT2D eigenvalue weighted by Crippen LogP contribution is 2.36. The van der Waals surface area contributed by atoms with Crippen LogP contribution in [0.2, 0.25) is 0 Å². The van der Waals surface area contributed by atoms with Crippen LogP contribution in [0.25, 0.3) is 10.8 Å². The molecule has 0 unspecified atom stereocenters. The molecule has 0 radical (unpaired) electrons. The summed E-state index contributed by atoms with van der Waals surface area (Å²) in [4.78, 5) is 12.8. The first kappa shape index (κ1) is 35.9. The van der Waals surface area contributed by atoms with E-state index in [2.05, 4.69) is 45.4 Å². The Bertz CT molecular complexity index is 2260. The number of azo groups is 3. The molecule has 0 aromatic heterocycles. The Morgan fingerprint density at radius 3 is 2.16 bits per heavy atom. The van der Waals surface area contributed by atoms with Crippen molar-refractivity contribution in [3.63, 3.8) is 0 Å². The minimum atomic E-state index is -4.65. The maximum atomic E-state index is 13.0. The molecule has 5 aromatic carbocycles. The predicted molar refractivity (Wildman–Crippen MR) is 187 cm³/mol. The number of aryl methyl sites for hydroxylation is 2. The van der Waals surface area contributed by atoms with Crippen molar-refractivity contribution in [2.75, 3.05) is 19.5 Å². The standard InChI is InChI=1S/C33H29N7O8S2/c1-19-13-25(37-40-29-18-31(46-4)30(38-34-3)14-20(29)2)11-12-28(19)39-36-23-8-5-21(6-9-23)33(41)35-24-10-7-22-15-26(49-48-47-42)17-32(27(22)16-24)50(43,44)45/h5-18,42H,1-4H3,(H,35,41)(H,43,44,45). The fraction of sp³-hybridized carbons (Fsp3) is 0.121. The molecule has 50 heavy (non-hydrogen) atoms. The van der Waals surface area contributed by atoms with Crippen LogP contribution in [0.3, 0.4) is 0 Å². The number of carbonyl (C=O) groups is 1. The van der Waals surface area contributed by atoms with Crippen molar-refractivity contribution < 1.29 is 37.1 Å². The van der Waals surface area contributed by atoms with Crippen molar-refractivity contribution in [1.29, 1.82) is 0 Å². The Hall–Kier alpha value is -5.43. The Kier molecular flexibility index (Phi) is 11.4. The van der Waals surface area contributed by atoms with Gasteiger partial charge < -0.3 is 10.1 Å². The van der Waals surface area contributed by atoms with E-state index in [0.29, 0.717) is 57.2 Å². The van der Waals surface area contributed by atoms with E-state index in [1.807, 2.05) is 26.0 Å². The van der Waals surface area contributed by atoms with Crippen LogP contribution in [0, 0.1) is 13.8 Å². The van der Waals surface area contributed by atoms with E-state index >= 15 is 0 Å². The molecule has 0 spiro atoms. The molecule has 256 valence electrons. The average Bonchev–Trinajstić information content (AvgIpc) is 3.09. The summed E-state index contributed by atoms with van der Waals surface area (Å²) >= 11 is 0.539. The largest absolute Gasteiger partial charge is 0.494 e. The zero-order valence-electron chi connectivity index (χ0n) is 26.9. The zero-order chi connectivity index (χ0) is 35.8. The number of amides is 1. The summed E-state index contributed by atoms with van der Waals surface area (Å²) in [7, 11) is -1.51. The number of hydrogen-bond acceptors (Lipinski definition) is 14. The topological polar surface area (TPSA) is 206 Å². The Morgan fingerprint density at radius 2 is 1.48 bits per heavy atom. The third-order valence-electron chi connectivity index (χ3n) is 7.15. The summed E-state index contributed by atoms with van der Waals surface area (Å²) in [5.41, 5.74) is 5.29. The minimum Gasteiger partial charge on any atom is -0.494 e. The fourth-order valence-electron chi connectivity index (χ4n) is 4.73. The van der Waals surface area contributed by atoms with Crippen molar-refractivity contribution in [1.82, 2.24) is 0 Å². The van der Waals surface area contributed by atoms with Gasteiger partial charge in [-0.1, -0.05) is 11.1 Å². The molecule has 17 heteroatoms. The molecule has 3 N–H and O–H groups in total. The summed E-state index contributed by atoms with van der Waals surface area (Å²) in [6.45, 7) is 3.78. The lowest BCUT2D eigenvalue weighted by molar-refractivity contribution is -0.432. The van der Waals surface area contributed by atoms with Crippen LogP contribution in [0.5, 0.6) is 5.75 Å². The molecule has 0 atom stereocenters. The molecule has 5 rings (SSSR count). The number of anilines is 1. The minimum absolute atomic E-state index is 0.156. The average molecular weight is 716 g/mol. The highest BCUT2D eigenvalue weighted by Gasteiger charge is 2.18. The van der Waals surface area contributed by atoms with Crippen molar-refractivity contribution in [3.05, 3.63) is 102 Å². The van der Waals surface area contributed by atoms with Gasteiger partial charge in [0.05, 0.1) is 41.9 Å². The molecule has 0 fully saturated rings. The molecular weight excluding hydrogens is 687 g/mol. The van der Waals surface area contributed by atoms with E-state index in [1.165, 1.54) is 6.07 Å². The number of methoxy groups -OCH3 is 1. The summed E-state index contributed by atoms with van der Waals surface area (Å²) in [5.74, 6) is 0.0777. The molecule has 0 aliphatic rings. The zero-order valence-corrected chi connectivity index (χ0v) is 28.6. The summed E-state index contributed by atoms with van der Waals surface area (Å²) in [6, 6.07) is 22.6. The predicted octanol–water partition coefficient (Wildman–Crippen LogP) is 9.94. The highest BCUT2D eigenvalue weighted by molar-refractivity contribution is 7.94. The normalized spacial score (nSPS) is 12.0. The van der Waals surface area contributed by atoms with Crippen molar-refractivity contribution >= 4 is 73.0 Å². The lowest BCUT2D eigenvalue weighted by Crippen LogP contribution is -2.11. The van der Waals surface area contributed by atoms with E-state index < -0.39 is 20.9 Å². The molecule has 5 aromatic rings. The quantitative estimate of drug-likeness (QED) is 0.0369. The van der Waals surface area contributed by atoms with Crippen LogP contribution in [0.15, 0.2) is 125 Å². The molecule has 0 bridgehead atoms. The van der Waals surface area contributed by atoms with Crippen LogP contribution >= 0.6 is 12.0 Å². The van der Waals surface area contributed by atoms with Crippen LogP contribution in [-0.4, -0.2) is 38.3 Å². The third kappa shape index (κ3) is 8.77. The first-order chi connectivity index (χ1) is 24.0. The van der Waals surface area contributed by atoms with Gasteiger partial charge in [0.15, 0.2) is 0 Å². The Balaban J connectivity index is 1.26. The smallest absolute Gasteiger partial charge is 0.295 e. The van der Waals surface area contributed by atoms with Crippen molar-refractivity contribution in [3.8, 4) is 5.75 Å². The van der Waals surface area contributed by atoms with Crippen LogP contribution in [0.1, 0.15) is 21.5 Å². The van der Waals surface area contributed by atoms with Crippen molar-refractivity contribution in [2.24, 2.45) is 30.7 Å². The van der Waals surface area contributed by atoms with Gasteiger partial charge in [-0.2, -0.15) is 39.1 Å². The van der Waals surface area contributed by atoms with E-state index in [-0.39, 0.29) is 16.0 Å². The van der Waals surface area contributed by atoms with Gasteiger partial charge in [0.2, 0.25) is 0 Å². The monoisotopic (exact) mass is 715 g/mol. The number of fused-ring (bicyclic) bond motifs is 1. The Labute approximate surface area is 290 Å². The molecule has 0 saturated heterocycles. The van der Waals surface area contributed by atoms with Gasteiger partial charge in [-0.05, 0) is 103 Å². The lowest BCUT2D eigenvalue weighted by Gasteiger charge is -2.10. The molecular formula is C33H29N7O8S2. The second-order valence-corrected chi connectivity index (χ2v) is 12.7. The van der Waals surface area contributed by atoms with Gasteiger partial charge in [-0.3, -0.25) is 9.35 Å². The van der Waals surface area contributed by atoms with E-state index in [0.717, 1.165) is 17.2 Å². The molecule has 0 saturated carbocycles. The van der Waals surface area contributed by atoms with Crippen LogP contribution < -0.4 is 10.1 Å². The summed E-state index contributed by atoms with van der Waals surface area (Å²) < 4.78 is 43.7. The van der Waals surface area contributed by atoms with Gasteiger partial charge in [0.1, 0.15) is 16.3 Å². The number of carbonyl (C=O) groups excluding carboxylic acids is 1. The number of benzene rings is 5. The summed E-state index contributed by atoms with van der Waals surface area (Å²) in [5, 5.41) is 40.5. The molecule has 0 heterocycles. The number of nitrogens with one attached hydrogen (secondary N) is 1. The number of rotatable bonds is 12. The number of nitrogens with zero attached hydrogens (tertiary/aromatic N) is 6. The molecule has 0 aliphatic heterocycles. The van der Waals surface area contributed by atoms with Crippen molar-refractivity contribution in [2.45, 2.75) is 23.6 Å². The second kappa shape index (κ2) is 15.9. The highest BCUT2D eigenvalue weighted by atomic mass is 32.2. The second-order valence-electron chi connectivity index (χ2n) is 10.5. The van der Waals surface area contributed by atoms with E-state index in [9.17, 15) is 17.8 Å². The maximum Gasteiger partial charge on any atom is 0.295 e. The first-order valence-electron chi connectivity index (χ1n) is 14.5. The maximum absolute atomic E-state index is 13.0. The third-order valence-corrected chi connectivity index (χ3v) is 8.60. The summed E-state index contributed by atoms with van der Waals surface area (Å²) in [6.07, 6.45) is 0. The van der Waals surface area contributed by atoms with Gasteiger partial charge in [-0.15, -0.1) is 4.33 Å². The van der Waals surface area contributed by atoms with Gasteiger partial charge in [0, 0.05) is 34.6 Å². The van der Waals surface area contributed by atoms with E-state index in [1.54, 1.807) is 74.8 Å². The molecule has 0 aliphatic carbocycles.